The Morgan fingerprint density at radius 2 is 1.58 bits per heavy atom. The van der Waals surface area contributed by atoms with Crippen LogP contribution in [0, 0.1) is 12.8 Å². The van der Waals surface area contributed by atoms with Crippen LogP contribution in [0.2, 0.25) is 0 Å². The van der Waals surface area contributed by atoms with Crippen LogP contribution in [0.3, 0.4) is 0 Å². The number of carbonyl (C=O) groups excluding carboxylic acids is 2. The molecule has 7 nitrogen and oxygen atoms in total. The Hall–Kier alpha value is -2.87. The molecule has 2 aromatic carbocycles. The van der Waals surface area contributed by atoms with E-state index in [1.807, 2.05) is 50.2 Å². The summed E-state index contributed by atoms with van der Waals surface area (Å²) >= 11 is 0. The molecule has 0 radical (unpaired) electrons. The smallest absolute Gasteiger partial charge is 0.244 e. The molecule has 0 fully saturated rings. The first kappa shape index (κ1) is 26.4. The van der Waals surface area contributed by atoms with Gasteiger partial charge in [-0.05, 0) is 43.4 Å². The fourth-order valence-electron chi connectivity index (χ4n) is 3.46. The zero-order valence-corrected chi connectivity index (χ0v) is 20.9. The van der Waals surface area contributed by atoms with Crippen molar-refractivity contribution in [3.8, 4) is 0 Å². The number of hydrogen-bond acceptors (Lipinski definition) is 4. The molecule has 8 heteroatoms. The van der Waals surface area contributed by atoms with E-state index in [0.29, 0.717) is 25.2 Å². The van der Waals surface area contributed by atoms with Gasteiger partial charge in [0.2, 0.25) is 21.8 Å². The summed E-state index contributed by atoms with van der Waals surface area (Å²) in [5.41, 5.74) is 2.23. The Balaban J connectivity index is 2.29. The lowest BCUT2D eigenvalue weighted by atomic mass is 10.1. The summed E-state index contributed by atoms with van der Waals surface area (Å²) in [5, 5.41) is 2.88. The Kier molecular flexibility index (Phi) is 9.46. The van der Waals surface area contributed by atoms with Crippen molar-refractivity contribution >= 4 is 27.5 Å². The molecular formula is C25H35N3O4S. The quantitative estimate of drug-likeness (QED) is 0.544. The summed E-state index contributed by atoms with van der Waals surface area (Å²) in [7, 11) is -3.72. The third-order valence-electron chi connectivity index (χ3n) is 5.40. The zero-order chi connectivity index (χ0) is 24.6. The van der Waals surface area contributed by atoms with Crippen molar-refractivity contribution in [3.05, 3.63) is 65.7 Å². The molecule has 0 saturated heterocycles. The first-order chi connectivity index (χ1) is 15.5. The highest BCUT2D eigenvalue weighted by Gasteiger charge is 2.30. The van der Waals surface area contributed by atoms with Crippen LogP contribution in [0.5, 0.6) is 0 Å². The fourth-order valence-corrected chi connectivity index (χ4v) is 4.37. The molecule has 2 amide bonds. The second-order valence-corrected chi connectivity index (χ2v) is 10.6. The van der Waals surface area contributed by atoms with Gasteiger partial charge in [-0.2, -0.15) is 0 Å². The van der Waals surface area contributed by atoms with Crippen LogP contribution in [0.1, 0.15) is 31.9 Å². The molecule has 1 N–H and O–H groups in total. The molecular weight excluding hydrogens is 438 g/mol. The number of sulfonamides is 1. The summed E-state index contributed by atoms with van der Waals surface area (Å²) in [4.78, 5) is 27.7. The number of anilines is 1. The maximum atomic E-state index is 13.4. The van der Waals surface area contributed by atoms with Crippen LogP contribution in [0.15, 0.2) is 54.6 Å². The van der Waals surface area contributed by atoms with Gasteiger partial charge in [0.15, 0.2) is 0 Å². The lowest BCUT2D eigenvalue weighted by molar-refractivity contribution is -0.138. The lowest BCUT2D eigenvalue weighted by Gasteiger charge is -2.32. The van der Waals surface area contributed by atoms with Crippen molar-refractivity contribution in [2.45, 2.75) is 40.2 Å². The van der Waals surface area contributed by atoms with Crippen LogP contribution >= 0.6 is 0 Å². The standard InChI is InChI=1S/C25H35N3O4S/c1-19(2)17-26-25(30)21(4)27(16-15-22-12-7-6-8-13-22)24(29)18-28(33(5,31)32)23-14-10-9-11-20(23)3/h6-14,19,21H,15-18H2,1-5H3,(H,26,30)/t21-/m0/s1. The maximum Gasteiger partial charge on any atom is 0.244 e. The van der Waals surface area contributed by atoms with E-state index in [1.165, 1.54) is 4.90 Å². The summed E-state index contributed by atoms with van der Waals surface area (Å²) in [6, 6.07) is 16.0. The molecule has 0 unspecified atom stereocenters. The van der Waals surface area contributed by atoms with E-state index in [0.717, 1.165) is 21.7 Å². The highest BCUT2D eigenvalue weighted by Crippen LogP contribution is 2.22. The number of para-hydroxylation sites is 1. The van der Waals surface area contributed by atoms with E-state index >= 15 is 0 Å². The van der Waals surface area contributed by atoms with Gasteiger partial charge in [0, 0.05) is 13.1 Å². The number of nitrogens with one attached hydrogen (secondary N) is 1. The molecule has 1 atom stereocenters. The van der Waals surface area contributed by atoms with E-state index in [2.05, 4.69) is 5.32 Å². The zero-order valence-electron chi connectivity index (χ0n) is 20.1. The van der Waals surface area contributed by atoms with Crippen molar-refractivity contribution in [1.29, 1.82) is 0 Å². The van der Waals surface area contributed by atoms with Crippen LogP contribution in [-0.2, 0) is 26.0 Å². The van der Waals surface area contributed by atoms with Crippen molar-refractivity contribution in [2.24, 2.45) is 5.92 Å². The van der Waals surface area contributed by atoms with E-state index in [-0.39, 0.29) is 18.4 Å². The topological polar surface area (TPSA) is 86.8 Å². The van der Waals surface area contributed by atoms with Crippen molar-refractivity contribution in [3.63, 3.8) is 0 Å². The second-order valence-electron chi connectivity index (χ2n) is 8.69. The number of benzene rings is 2. The Bertz CT molecular complexity index is 1040. The Labute approximate surface area is 197 Å². The highest BCUT2D eigenvalue weighted by molar-refractivity contribution is 7.92. The van der Waals surface area contributed by atoms with Gasteiger partial charge in [-0.25, -0.2) is 8.42 Å². The van der Waals surface area contributed by atoms with Crippen LogP contribution in [0.25, 0.3) is 0 Å². The van der Waals surface area contributed by atoms with E-state index in [9.17, 15) is 18.0 Å². The number of aryl methyl sites for hydroxylation is 1. The minimum Gasteiger partial charge on any atom is -0.354 e. The molecule has 0 aliphatic carbocycles. The monoisotopic (exact) mass is 473 g/mol. The van der Waals surface area contributed by atoms with Gasteiger partial charge in [0.25, 0.3) is 0 Å². The van der Waals surface area contributed by atoms with Gasteiger partial charge in [-0.15, -0.1) is 0 Å². The third-order valence-corrected chi connectivity index (χ3v) is 6.53. The number of amides is 2. The molecule has 0 aliphatic rings. The first-order valence-corrected chi connectivity index (χ1v) is 13.0. The molecule has 0 aromatic heterocycles. The molecule has 33 heavy (non-hydrogen) atoms. The largest absolute Gasteiger partial charge is 0.354 e. The second kappa shape index (κ2) is 11.8. The minimum absolute atomic E-state index is 0.257. The maximum absolute atomic E-state index is 13.4. The molecule has 0 saturated carbocycles. The molecule has 0 bridgehead atoms. The first-order valence-electron chi connectivity index (χ1n) is 11.1. The number of rotatable bonds is 11. The number of carbonyl (C=O) groups is 2. The summed E-state index contributed by atoms with van der Waals surface area (Å²) < 4.78 is 26.3. The predicted octanol–water partition coefficient (Wildman–Crippen LogP) is 2.99. The van der Waals surface area contributed by atoms with Crippen molar-refractivity contribution in [1.82, 2.24) is 10.2 Å². The third kappa shape index (κ3) is 7.89. The summed E-state index contributed by atoms with van der Waals surface area (Å²) in [6.45, 7) is 7.89. The Morgan fingerprint density at radius 3 is 2.15 bits per heavy atom. The van der Waals surface area contributed by atoms with Gasteiger partial charge in [0.05, 0.1) is 11.9 Å². The molecule has 2 rings (SSSR count). The van der Waals surface area contributed by atoms with Gasteiger partial charge in [-0.1, -0.05) is 62.4 Å². The molecule has 0 spiro atoms. The average Bonchev–Trinajstić information content (AvgIpc) is 2.76. The summed E-state index contributed by atoms with van der Waals surface area (Å²) in [5.74, 6) is -0.407. The van der Waals surface area contributed by atoms with Gasteiger partial charge in [0.1, 0.15) is 12.6 Å². The predicted molar refractivity (Wildman–Crippen MR) is 133 cm³/mol. The van der Waals surface area contributed by atoms with Gasteiger partial charge < -0.3 is 10.2 Å². The minimum atomic E-state index is -3.72. The summed E-state index contributed by atoms with van der Waals surface area (Å²) in [6.07, 6.45) is 1.64. The van der Waals surface area contributed by atoms with Gasteiger partial charge in [-0.3, -0.25) is 13.9 Å². The number of nitrogens with zero attached hydrogens (tertiary/aromatic N) is 2. The van der Waals surface area contributed by atoms with Gasteiger partial charge >= 0.3 is 0 Å². The number of hydrogen-bond donors (Lipinski definition) is 1. The van der Waals surface area contributed by atoms with Crippen molar-refractivity contribution in [2.75, 3.05) is 30.2 Å². The van der Waals surface area contributed by atoms with E-state index in [1.54, 1.807) is 32.0 Å². The van der Waals surface area contributed by atoms with E-state index < -0.39 is 22.0 Å². The van der Waals surface area contributed by atoms with E-state index in [4.69, 9.17) is 0 Å². The molecule has 0 aliphatic heterocycles. The van der Waals surface area contributed by atoms with Crippen molar-refractivity contribution < 1.29 is 18.0 Å². The lowest BCUT2D eigenvalue weighted by Crippen LogP contribution is -2.52. The van der Waals surface area contributed by atoms with Crippen LogP contribution < -0.4 is 9.62 Å². The highest BCUT2D eigenvalue weighted by atomic mass is 32.2. The molecule has 0 heterocycles. The average molecular weight is 474 g/mol. The SMILES string of the molecule is Cc1ccccc1N(CC(=O)N(CCc1ccccc1)[C@@H](C)C(=O)NCC(C)C)S(C)(=O)=O. The normalized spacial score (nSPS) is 12.3. The molecule has 180 valence electrons. The van der Waals surface area contributed by atoms with Crippen LogP contribution in [-0.4, -0.2) is 57.1 Å². The molecule has 2 aromatic rings. The Morgan fingerprint density at radius 1 is 0.970 bits per heavy atom. The fraction of sp³-hybridized carbons (Fsp3) is 0.440. The van der Waals surface area contributed by atoms with Crippen LogP contribution in [0.4, 0.5) is 5.69 Å².